The van der Waals surface area contributed by atoms with E-state index < -0.39 is 21.9 Å². The highest BCUT2D eigenvalue weighted by atomic mass is 35.5. The summed E-state index contributed by atoms with van der Waals surface area (Å²) >= 11 is 6.06. The van der Waals surface area contributed by atoms with Gasteiger partial charge in [-0.2, -0.15) is 0 Å². The molecule has 6 rings (SSSR count). The van der Waals surface area contributed by atoms with Crippen molar-refractivity contribution in [1.29, 1.82) is 0 Å². The SMILES string of the molecule is Cn1ccnc1CN(C(=O)[C@@H]1C[C@H]1c1ccc(Cl)cc1)c1ccc2c(c1)[C@H](NS(=O)(=O)c1ccc(F)cc1)CC2. The Morgan fingerprint density at radius 2 is 1.88 bits per heavy atom. The van der Waals surface area contributed by atoms with Gasteiger partial charge < -0.3 is 9.47 Å². The average Bonchev–Trinajstić information content (AvgIpc) is 3.50. The van der Waals surface area contributed by atoms with E-state index >= 15 is 0 Å². The third-order valence-corrected chi connectivity index (χ3v) is 9.57. The van der Waals surface area contributed by atoms with Crippen molar-refractivity contribution in [2.24, 2.45) is 13.0 Å². The van der Waals surface area contributed by atoms with Crippen molar-refractivity contribution in [3.05, 3.63) is 112 Å². The van der Waals surface area contributed by atoms with Crippen LogP contribution >= 0.6 is 11.6 Å². The van der Waals surface area contributed by atoms with Gasteiger partial charge in [0.25, 0.3) is 0 Å². The molecule has 2 aliphatic rings. The normalized spacial score (nSPS) is 19.8. The summed E-state index contributed by atoms with van der Waals surface area (Å²) in [5, 5.41) is 0.659. The maximum absolute atomic E-state index is 13.9. The van der Waals surface area contributed by atoms with E-state index in [1.807, 2.05) is 60.3 Å². The number of benzene rings is 3. The molecule has 4 aromatic rings. The predicted octanol–water partition coefficient (Wildman–Crippen LogP) is 5.52. The van der Waals surface area contributed by atoms with Gasteiger partial charge in [-0.15, -0.1) is 0 Å². The van der Waals surface area contributed by atoms with Gasteiger partial charge in [0.2, 0.25) is 15.9 Å². The van der Waals surface area contributed by atoms with Gasteiger partial charge in [-0.3, -0.25) is 4.79 Å². The maximum Gasteiger partial charge on any atom is 0.241 e. The lowest BCUT2D eigenvalue weighted by atomic mass is 10.1. The summed E-state index contributed by atoms with van der Waals surface area (Å²) in [6.07, 6.45) is 5.60. The molecular formula is C30H28ClFN4O3S. The number of aryl methyl sites for hydroxylation is 2. The quantitative estimate of drug-likeness (QED) is 0.299. The molecule has 0 radical (unpaired) electrons. The van der Waals surface area contributed by atoms with Crippen LogP contribution in [0.25, 0.3) is 0 Å². The lowest BCUT2D eigenvalue weighted by Gasteiger charge is -2.25. The second-order valence-electron chi connectivity index (χ2n) is 10.4. The van der Waals surface area contributed by atoms with Crippen molar-refractivity contribution in [2.75, 3.05) is 4.90 Å². The fourth-order valence-corrected chi connectivity index (χ4v) is 6.86. The third kappa shape index (κ3) is 5.29. The number of imidazole rings is 1. The molecule has 7 nitrogen and oxygen atoms in total. The molecule has 3 aromatic carbocycles. The Hall–Kier alpha value is -3.53. The summed E-state index contributed by atoms with van der Waals surface area (Å²) in [4.78, 5) is 20.1. The minimum Gasteiger partial charge on any atom is -0.337 e. The van der Waals surface area contributed by atoms with Gasteiger partial charge in [-0.1, -0.05) is 29.8 Å². The van der Waals surface area contributed by atoms with E-state index in [4.69, 9.17) is 11.6 Å². The first-order valence-corrected chi connectivity index (χ1v) is 15.0. The minimum absolute atomic E-state index is 0.00402. The number of hydrogen-bond acceptors (Lipinski definition) is 4. The molecule has 0 spiro atoms. The molecule has 1 saturated carbocycles. The number of nitrogens with zero attached hydrogens (tertiary/aromatic N) is 3. The molecular weight excluding hydrogens is 551 g/mol. The number of aromatic nitrogens is 2. The van der Waals surface area contributed by atoms with Crippen LogP contribution in [0, 0.1) is 11.7 Å². The average molecular weight is 579 g/mol. The van der Waals surface area contributed by atoms with E-state index in [2.05, 4.69) is 9.71 Å². The monoisotopic (exact) mass is 578 g/mol. The summed E-state index contributed by atoms with van der Waals surface area (Å²) in [5.41, 5.74) is 3.65. The van der Waals surface area contributed by atoms with Crippen molar-refractivity contribution in [3.63, 3.8) is 0 Å². The summed E-state index contributed by atoms with van der Waals surface area (Å²) in [5.74, 6) is 0.206. The second kappa shape index (κ2) is 10.5. The number of halogens is 2. The Bertz CT molecular complexity index is 1670. The zero-order valence-electron chi connectivity index (χ0n) is 21.8. The summed E-state index contributed by atoms with van der Waals surface area (Å²) in [6.45, 7) is 0.289. The first-order valence-electron chi connectivity index (χ1n) is 13.1. The van der Waals surface area contributed by atoms with E-state index in [9.17, 15) is 17.6 Å². The van der Waals surface area contributed by atoms with Gasteiger partial charge in [0.15, 0.2) is 0 Å². The van der Waals surface area contributed by atoms with Gasteiger partial charge in [-0.25, -0.2) is 22.5 Å². The van der Waals surface area contributed by atoms with E-state index in [-0.39, 0.29) is 29.2 Å². The minimum atomic E-state index is -3.86. The van der Waals surface area contributed by atoms with Gasteiger partial charge in [0.05, 0.1) is 11.4 Å². The number of rotatable bonds is 8. The smallest absolute Gasteiger partial charge is 0.241 e. The molecule has 1 aromatic heterocycles. The molecule has 206 valence electrons. The third-order valence-electron chi connectivity index (χ3n) is 7.83. The highest BCUT2D eigenvalue weighted by molar-refractivity contribution is 7.89. The zero-order chi connectivity index (χ0) is 28.0. The van der Waals surface area contributed by atoms with Crippen LogP contribution in [-0.4, -0.2) is 23.9 Å². The van der Waals surface area contributed by atoms with Crippen LogP contribution in [0.2, 0.25) is 5.02 Å². The van der Waals surface area contributed by atoms with Crippen molar-refractivity contribution in [3.8, 4) is 0 Å². The Morgan fingerprint density at radius 1 is 1.12 bits per heavy atom. The van der Waals surface area contributed by atoms with E-state index in [0.29, 0.717) is 23.6 Å². The maximum atomic E-state index is 13.9. The number of fused-ring (bicyclic) bond motifs is 1. The van der Waals surface area contributed by atoms with E-state index in [1.165, 1.54) is 12.1 Å². The zero-order valence-corrected chi connectivity index (χ0v) is 23.4. The standard InChI is InChI=1S/C30H28ClFN4O3S/c1-35-15-14-33-29(35)18-36(30(37)27-17-25(27)19-2-6-21(31)7-3-19)23-10-4-20-5-13-28(26(20)16-23)34-40(38,39)24-11-8-22(32)9-12-24/h2-4,6-12,14-16,25,27-28,34H,5,13,17-18H2,1H3/t25-,27+,28+/m0/s1. The van der Waals surface area contributed by atoms with E-state index in [1.54, 1.807) is 11.1 Å². The largest absolute Gasteiger partial charge is 0.337 e. The Morgan fingerprint density at radius 3 is 2.58 bits per heavy atom. The van der Waals surface area contributed by atoms with Gasteiger partial charge in [0, 0.05) is 42.1 Å². The molecule has 1 fully saturated rings. The molecule has 1 heterocycles. The van der Waals surface area contributed by atoms with Crippen LogP contribution in [0.1, 0.15) is 47.3 Å². The van der Waals surface area contributed by atoms with Crippen LogP contribution in [-0.2, 0) is 34.8 Å². The molecule has 2 aliphatic carbocycles. The Balaban J connectivity index is 1.29. The molecule has 0 bridgehead atoms. The van der Waals surface area contributed by atoms with Crippen molar-refractivity contribution in [2.45, 2.75) is 42.7 Å². The summed E-state index contributed by atoms with van der Waals surface area (Å²) < 4.78 is 44.1. The van der Waals surface area contributed by atoms with Gasteiger partial charge in [0.1, 0.15) is 11.6 Å². The van der Waals surface area contributed by atoms with Crippen molar-refractivity contribution < 1.29 is 17.6 Å². The highest BCUT2D eigenvalue weighted by Crippen LogP contribution is 2.49. The second-order valence-corrected chi connectivity index (χ2v) is 12.6. The van der Waals surface area contributed by atoms with Gasteiger partial charge >= 0.3 is 0 Å². The molecule has 0 saturated heterocycles. The predicted molar refractivity (Wildman–Crippen MR) is 151 cm³/mol. The van der Waals surface area contributed by atoms with Crippen molar-refractivity contribution in [1.82, 2.24) is 14.3 Å². The lowest BCUT2D eigenvalue weighted by Crippen LogP contribution is -2.33. The number of hydrogen-bond donors (Lipinski definition) is 1. The fourth-order valence-electron chi connectivity index (χ4n) is 5.48. The molecule has 40 heavy (non-hydrogen) atoms. The highest BCUT2D eigenvalue weighted by Gasteiger charge is 2.46. The number of anilines is 1. The molecule has 0 aliphatic heterocycles. The molecule has 1 amide bonds. The molecule has 10 heteroatoms. The van der Waals surface area contributed by atoms with Crippen LogP contribution in [0.5, 0.6) is 0 Å². The summed E-state index contributed by atoms with van der Waals surface area (Å²) in [7, 11) is -1.97. The fraction of sp³-hybridized carbons (Fsp3) is 0.267. The number of carbonyl (C=O) groups is 1. The molecule has 3 atom stereocenters. The van der Waals surface area contributed by atoms with Crippen LogP contribution in [0.15, 0.2) is 84.0 Å². The Kier molecular flexibility index (Phi) is 6.98. The Labute approximate surface area is 237 Å². The number of sulfonamides is 1. The molecule has 1 N–H and O–H groups in total. The van der Waals surface area contributed by atoms with Gasteiger partial charge in [-0.05, 0) is 90.4 Å². The van der Waals surface area contributed by atoms with Crippen LogP contribution in [0.4, 0.5) is 10.1 Å². The summed E-state index contributed by atoms with van der Waals surface area (Å²) in [6, 6.07) is 17.7. The van der Waals surface area contributed by atoms with Crippen LogP contribution in [0.3, 0.4) is 0 Å². The lowest BCUT2D eigenvalue weighted by molar-refractivity contribution is -0.120. The van der Waals surface area contributed by atoms with Crippen LogP contribution < -0.4 is 9.62 Å². The topological polar surface area (TPSA) is 84.3 Å². The molecule has 0 unspecified atom stereocenters. The number of nitrogens with one attached hydrogen (secondary N) is 1. The first-order chi connectivity index (χ1) is 19.2. The number of carbonyl (C=O) groups excluding carboxylic acids is 1. The van der Waals surface area contributed by atoms with Crippen molar-refractivity contribution >= 4 is 33.2 Å². The van der Waals surface area contributed by atoms with E-state index in [0.717, 1.165) is 41.1 Å². The number of amides is 1. The first kappa shape index (κ1) is 26.7.